The molecule has 4 nitrogen and oxygen atoms in total. The SMILES string of the molecule is COC(=O)[C@@]1(O)Cc2cc(Cl)ccc2[C@H]1O. The number of rotatable bonds is 1. The summed E-state index contributed by atoms with van der Waals surface area (Å²) in [5.74, 6) is -0.840. The molecule has 2 N–H and O–H groups in total. The van der Waals surface area contributed by atoms with E-state index in [1.807, 2.05) is 0 Å². The Labute approximate surface area is 97.4 Å². The van der Waals surface area contributed by atoms with Crippen molar-refractivity contribution in [3.63, 3.8) is 0 Å². The maximum absolute atomic E-state index is 11.4. The zero-order valence-electron chi connectivity index (χ0n) is 8.61. The van der Waals surface area contributed by atoms with E-state index in [0.29, 0.717) is 16.1 Å². The number of fused-ring (bicyclic) bond motifs is 1. The number of aliphatic hydroxyl groups is 2. The second-order valence-electron chi connectivity index (χ2n) is 3.84. The summed E-state index contributed by atoms with van der Waals surface area (Å²) in [6, 6.07) is 4.83. The van der Waals surface area contributed by atoms with E-state index in [4.69, 9.17) is 11.6 Å². The Morgan fingerprint density at radius 2 is 2.31 bits per heavy atom. The molecule has 0 bridgehead atoms. The summed E-state index contributed by atoms with van der Waals surface area (Å²) in [6.45, 7) is 0. The van der Waals surface area contributed by atoms with Crippen LogP contribution in [0.2, 0.25) is 5.02 Å². The van der Waals surface area contributed by atoms with E-state index in [9.17, 15) is 15.0 Å². The monoisotopic (exact) mass is 242 g/mol. The van der Waals surface area contributed by atoms with Crippen LogP contribution in [0.15, 0.2) is 18.2 Å². The van der Waals surface area contributed by atoms with E-state index in [-0.39, 0.29) is 6.42 Å². The first-order chi connectivity index (χ1) is 7.49. The van der Waals surface area contributed by atoms with Crippen LogP contribution in [-0.2, 0) is 16.0 Å². The van der Waals surface area contributed by atoms with Crippen molar-refractivity contribution >= 4 is 17.6 Å². The molecule has 1 aromatic carbocycles. The fourth-order valence-corrected chi connectivity index (χ4v) is 2.19. The highest BCUT2D eigenvalue weighted by atomic mass is 35.5. The molecule has 2 atom stereocenters. The number of halogens is 1. The molecule has 16 heavy (non-hydrogen) atoms. The van der Waals surface area contributed by atoms with Crippen molar-refractivity contribution in [2.24, 2.45) is 0 Å². The van der Waals surface area contributed by atoms with Crippen molar-refractivity contribution in [2.45, 2.75) is 18.1 Å². The van der Waals surface area contributed by atoms with Crippen LogP contribution in [0.25, 0.3) is 0 Å². The van der Waals surface area contributed by atoms with Gasteiger partial charge in [0.05, 0.1) is 7.11 Å². The van der Waals surface area contributed by atoms with Gasteiger partial charge < -0.3 is 14.9 Å². The fraction of sp³-hybridized carbons (Fsp3) is 0.364. The van der Waals surface area contributed by atoms with Gasteiger partial charge in [-0.15, -0.1) is 0 Å². The average molecular weight is 243 g/mol. The summed E-state index contributed by atoms with van der Waals surface area (Å²) >= 11 is 5.80. The highest BCUT2D eigenvalue weighted by molar-refractivity contribution is 6.30. The van der Waals surface area contributed by atoms with Crippen molar-refractivity contribution in [1.29, 1.82) is 0 Å². The van der Waals surface area contributed by atoms with Gasteiger partial charge in [0.1, 0.15) is 6.10 Å². The summed E-state index contributed by atoms with van der Waals surface area (Å²) in [4.78, 5) is 11.4. The number of methoxy groups -OCH3 is 1. The second-order valence-corrected chi connectivity index (χ2v) is 4.27. The van der Waals surface area contributed by atoms with E-state index in [1.54, 1.807) is 18.2 Å². The smallest absolute Gasteiger partial charge is 0.341 e. The van der Waals surface area contributed by atoms with Crippen LogP contribution in [0.1, 0.15) is 17.2 Å². The highest BCUT2D eigenvalue weighted by Gasteiger charge is 2.51. The van der Waals surface area contributed by atoms with Crippen LogP contribution in [0.4, 0.5) is 0 Å². The molecule has 0 saturated carbocycles. The number of aliphatic hydroxyl groups excluding tert-OH is 1. The Balaban J connectivity index is 2.44. The minimum absolute atomic E-state index is 0.0106. The molecule has 0 radical (unpaired) electrons. The predicted molar refractivity (Wildman–Crippen MR) is 57.1 cm³/mol. The van der Waals surface area contributed by atoms with Gasteiger partial charge in [-0.2, -0.15) is 0 Å². The average Bonchev–Trinajstić information content (AvgIpc) is 2.51. The van der Waals surface area contributed by atoms with Crippen LogP contribution in [-0.4, -0.2) is 28.9 Å². The van der Waals surface area contributed by atoms with E-state index >= 15 is 0 Å². The second kappa shape index (κ2) is 3.73. The fourth-order valence-electron chi connectivity index (χ4n) is 2.00. The Morgan fingerprint density at radius 1 is 1.62 bits per heavy atom. The van der Waals surface area contributed by atoms with Gasteiger partial charge in [-0.25, -0.2) is 4.79 Å². The van der Waals surface area contributed by atoms with Crippen molar-refractivity contribution in [1.82, 2.24) is 0 Å². The molecule has 1 aliphatic rings. The zero-order chi connectivity index (χ0) is 11.9. The van der Waals surface area contributed by atoms with Gasteiger partial charge in [0, 0.05) is 11.4 Å². The third-order valence-corrected chi connectivity index (χ3v) is 3.09. The third kappa shape index (κ3) is 1.50. The molecule has 0 fully saturated rings. The standard InChI is InChI=1S/C11H11ClO4/c1-16-10(14)11(15)5-6-4-7(12)2-3-8(6)9(11)13/h2-4,9,13,15H,5H2,1H3/t9-,11-/m1/s1. The zero-order valence-corrected chi connectivity index (χ0v) is 9.36. The third-order valence-electron chi connectivity index (χ3n) is 2.85. The maximum atomic E-state index is 11.4. The van der Waals surface area contributed by atoms with Gasteiger partial charge in [-0.3, -0.25) is 0 Å². The number of carbonyl (C=O) groups excluding carboxylic acids is 1. The topological polar surface area (TPSA) is 66.8 Å². The molecule has 0 saturated heterocycles. The number of esters is 1. The van der Waals surface area contributed by atoms with Gasteiger partial charge in [0.15, 0.2) is 5.60 Å². The van der Waals surface area contributed by atoms with Crippen LogP contribution in [0.3, 0.4) is 0 Å². The molecule has 5 heteroatoms. The van der Waals surface area contributed by atoms with Crippen LogP contribution in [0.5, 0.6) is 0 Å². The summed E-state index contributed by atoms with van der Waals surface area (Å²) in [7, 11) is 1.17. The molecule has 0 amide bonds. The number of hydrogen-bond acceptors (Lipinski definition) is 4. The normalized spacial score (nSPS) is 27.6. The van der Waals surface area contributed by atoms with Gasteiger partial charge in [-0.05, 0) is 23.3 Å². The first kappa shape index (κ1) is 11.4. The Hall–Kier alpha value is -1.10. The summed E-state index contributed by atoms with van der Waals surface area (Å²) in [5.41, 5.74) is -0.730. The van der Waals surface area contributed by atoms with Crippen molar-refractivity contribution in [2.75, 3.05) is 7.11 Å². The largest absolute Gasteiger partial charge is 0.467 e. The molecule has 2 rings (SSSR count). The van der Waals surface area contributed by atoms with E-state index in [2.05, 4.69) is 4.74 Å². The first-order valence-corrected chi connectivity index (χ1v) is 5.14. The van der Waals surface area contributed by atoms with E-state index < -0.39 is 17.7 Å². The number of ether oxygens (including phenoxy) is 1. The minimum atomic E-state index is -1.90. The maximum Gasteiger partial charge on any atom is 0.341 e. The van der Waals surface area contributed by atoms with Crippen LogP contribution in [0, 0.1) is 0 Å². The number of carbonyl (C=O) groups is 1. The van der Waals surface area contributed by atoms with E-state index in [1.165, 1.54) is 7.11 Å². The Bertz CT molecular complexity index is 446. The lowest BCUT2D eigenvalue weighted by Crippen LogP contribution is -2.43. The number of benzene rings is 1. The Kier molecular flexibility index (Phi) is 2.66. The van der Waals surface area contributed by atoms with Gasteiger partial charge in [0.2, 0.25) is 0 Å². The number of hydrogen-bond donors (Lipinski definition) is 2. The molecule has 1 aliphatic carbocycles. The van der Waals surface area contributed by atoms with Gasteiger partial charge >= 0.3 is 5.97 Å². The summed E-state index contributed by atoms with van der Waals surface area (Å²) < 4.78 is 4.49. The predicted octanol–water partition coefficient (Wildman–Crippen LogP) is 0.834. The van der Waals surface area contributed by atoms with Crippen molar-refractivity contribution in [3.8, 4) is 0 Å². The molecule has 0 heterocycles. The quantitative estimate of drug-likeness (QED) is 0.716. The molecular formula is C11H11ClO4. The molecule has 86 valence electrons. The molecule has 0 aliphatic heterocycles. The lowest BCUT2D eigenvalue weighted by atomic mass is 9.98. The van der Waals surface area contributed by atoms with Gasteiger partial charge in [0.25, 0.3) is 0 Å². The highest BCUT2D eigenvalue weighted by Crippen LogP contribution is 2.40. The molecule has 1 aromatic rings. The Morgan fingerprint density at radius 3 is 2.94 bits per heavy atom. The van der Waals surface area contributed by atoms with Crippen molar-refractivity contribution in [3.05, 3.63) is 34.3 Å². The minimum Gasteiger partial charge on any atom is -0.467 e. The van der Waals surface area contributed by atoms with Crippen LogP contribution < -0.4 is 0 Å². The summed E-state index contributed by atoms with van der Waals surface area (Å²) in [5, 5.41) is 20.5. The van der Waals surface area contributed by atoms with Gasteiger partial charge in [-0.1, -0.05) is 17.7 Å². The molecule has 0 aromatic heterocycles. The lowest BCUT2D eigenvalue weighted by Gasteiger charge is -2.23. The van der Waals surface area contributed by atoms with E-state index in [0.717, 1.165) is 0 Å². The lowest BCUT2D eigenvalue weighted by molar-refractivity contribution is -0.173. The van der Waals surface area contributed by atoms with Crippen molar-refractivity contribution < 1.29 is 19.7 Å². The molecule has 0 spiro atoms. The molecular weight excluding hydrogens is 232 g/mol. The molecule has 0 unspecified atom stereocenters. The summed E-state index contributed by atoms with van der Waals surface area (Å²) in [6.07, 6.45) is -1.26. The van der Waals surface area contributed by atoms with Crippen LogP contribution >= 0.6 is 11.6 Å². The first-order valence-electron chi connectivity index (χ1n) is 4.76.